The molecule has 0 unspecified atom stereocenters. The Hall–Kier alpha value is -1.79. The van der Waals surface area contributed by atoms with Gasteiger partial charge in [0.05, 0.1) is 22.9 Å². The molecular weight excluding hydrogens is 416 g/mol. The van der Waals surface area contributed by atoms with Gasteiger partial charge < -0.3 is 39.4 Å². The highest BCUT2D eigenvalue weighted by atomic mass is 16.8. The minimum atomic E-state index is -2.40. The molecule has 11 heteroatoms. The molecule has 0 bridgehead atoms. The largest absolute Gasteiger partial charge is 0.456 e. The number of ether oxygens (including phenoxy) is 4. The summed E-state index contributed by atoms with van der Waals surface area (Å²) in [6, 6.07) is 0. The third kappa shape index (κ3) is 1.43. The smallest absolute Gasteiger partial charge is 0.343 e. The van der Waals surface area contributed by atoms with E-state index in [0.717, 1.165) is 0 Å². The Labute approximate surface area is 176 Å². The molecule has 4 aliphatic heterocycles. The van der Waals surface area contributed by atoms with E-state index in [1.807, 2.05) is 0 Å². The van der Waals surface area contributed by atoms with Crippen LogP contribution in [0.1, 0.15) is 27.7 Å². The molecule has 0 aromatic rings. The number of rotatable bonds is 0. The lowest BCUT2D eigenvalue weighted by Crippen LogP contribution is -2.67. The first-order valence-electron chi connectivity index (χ1n) is 10.3. The summed E-state index contributed by atoms with van der Waals surface area (Å²) in [5, 5.41) is 46.1. The molecule has 6 aliphatic rings. The standard InChI is InChI=1S/C20H24O11/c1-5-12(24)28-11-8(22)18-10-6(21)7(16(2,3)4)17(18)9(23)13(25)30-15(17)31-20(18,14(26)29-10)19(5,11)27/h5-11,15,21-23,27H,1-4H3/t5-,6-,7+,8+,9+,10-,11-,15+,17+,18-,19-,20-/m1/s1. The van der Waals surface area contributed by atoms with Crippen LogP contribution < -0.4 is 0 Å². The number of aliphatic hydroxyl groups excluding tert-OH is 3. The average molecular weight is 440 g/mol. The highest BCUT2D eigenvalue weighted by Crippen LogP contribution is 2.84. The van der Waals surface area contributed by atoms with E-state index in [1.165, 1.54) is 6.92 Å². The molecule has 2 spiro atoms. The van der Waals surface area contributed by atoms with Crippen LogP contribution >= 0.6 is 0 Å². The molecule has 11 nitrogen and oxygen atoms in total. The quantitative estimate of drug-likeness (QED) is 0.234. The lowest BCUT2D eigenvalue weighted by molar-refractivity contribution is -0.240. The number of esters is 3. The van der Waals surface area contributed by atoms with Gasteiger partial charge in [0.2, 0.25) is 11.9 Å². The van der Waals surface area contributed by atoms with Crippen molar-refractivity contribution in [1.29, 1.82) is 0 Å². The van der Waals surface area contributed by atoms with Crippen molar-refractivity contribution in [3.63, 3.8) is 0 Å². The molecule has 170 valence electrons. The number of fused-ring (bicyclic) bond motifs is 1. The molecule has 0 radical (unpaired) electrons. The fourth-order valence-corrected chi connectivity index (χ4v) is 8.27. The summed E-state index contributed by atoms with van der Waals surface area (Å²) in [5.41, 5.74) is -9.40. The summed E-state index contributed by atoms with van der Waals surface area (Å²) in [6.45, 7) is 6.63. The Balaban J connectivity index is 1.75. The molecule has 0 amide bonds. The predicted molar refractivity (Wildman–Crippen MR) is 93.4 cm³/mol. The first-order valence-corrected chi connectivity index (χ1v) is 10.3. The zero-order chi connectivity index (χ0) is 22.7. The average Bonchev–Trinajstić information content (AvgIpc) is 3.35. The predicted octanol–water partition coefficient (Wildman–Crippen LogP) is -2.40. The van der Waals surface area contributed by atoms with Crippen LogP contribution in [0.25, 0.3) is 0 Å². The third-order valence-corrected chi connectivity index (χ3v) is 8.95. The van der Waals surface area contributed by atoms with Crippen LogP contribution in [0, 0.1) is 28.1 Å². The van der Waals surface area contributed by atoms with Gasteiger partial charge in [0.1, 0.15) is 12.2 Å². The topological polar surface area (TPSA) is 169 Å². The van der Waals surface area contributed by atoms with E-state index in [-0.39, 0.29) is 0 Å². The van der Waals surface area contributed by atoms with Gasteiger partial charge in [-0.2, -0.15) is 0 Å². The van der Waals surface area contributed by atoms with Crippen molar-refractivity contribution in [2.75, 3.05) is 0 Å². The zero-order valence-electron chi connectivity index (χ0n) is 17.3. The molecule has 2 saturated carbocycles. The van der Waals surface area contributed by atoms with Crippen LogP contribution in [0.4, 0.5) is 0 Å². The summed E-state index contributed by atoms with van der Waals surface area (Å²) in [6.07, 6.45) is -9.69. The third-order valence-electron chi connectivity index (χ3n) is 8.95. The van der Waals surface area contributed by atoms with Crippen molar-refractivity contribution in [2.45, 2.75) is 75.7 Å². The Kier molecular flexibility index (Phi) is 3.15. The summed E-state index contributed by atoms with van der Waals surface area (Å²) in [4.78, 5) is 38.3. The number of aliphatic hydroxyl groups is 4. The van der Waals surface area contributed by atoms with Crippen LogP contribution in [0.15, 0.2) is 0 Å². The van der Waals surface area contributed by atoms with Gasteiger partial charge >= 0.3 is 17.9 Å². The van der Waals surface area contributed by atoms with Crippen LogP contribution in [-0.4, -0.2) is 86.3 Å². The second kappa shape index (κ2) is 4.91. The molecule has 4 saturated heterocycles. The molecule has 0 aromatic heterocycles. The highest BCUT2D eigenvalue weighted by Gasteiger charge is 3.05. The van der Waals surface area contributed by atoms with E-state index in [2.05, 4.69) is 0 Å². The minimum Gasteiger partial charge on any atom is -0.456 e. The monoisotopic (exact) mass is 440 g/mol. The zero-order valence-corrected chi connectivity index (χ0v) is 17.3. The molecule has 6 fully saturated rings. The normalized spacial score (nSPS) is 61.0. The Morgan fingerprint density at radius 3 is 2.19 bits per heavy atom. The lowest BCUT2D eigenvalue weighted by atomic mass is 9.51. The van der Waals surface area contributed by atoms with E-state index in [1.54, 1.807) is 20.8 Å². The van der Waals surface area contributed by atoms with Crippen molar-refractivity contribution in [3.05, 3.63) is 0 Å². The van der Waals surface area contributed by atoms with Gasteiger partial charge in [0.25, 0.3) is 0 Å². The number of carbonyl (C=O) groups excluding carboxylic acids is 3. The van der Waals surface area contributed by atoms with E-state index < -0.39 is 94.0 Å². The number of hydrogen-bond donors (Lipinski definition) is 4. The SMILES string of the molecule is C[C@@H]1C(=O)O[C@@H]2[C@H](O)[C@]34[C@@H]5OC(=O)[C@]3(O[C@@H]3OC(=O)[C@H](O)[C@@]34[C@H](C(C)(C)C)[C@H]5O)[C@@]12O. The van der Waals surface area contributed by atoms with Gasteiger partial charge in [0, 0.05) is 5.92 Å². The first kappa shape index (κ1) is 19.9. The second-order valence-electron chi connectivity index (χ2n) is 10.8. The van der Waals surface area contributed by atoms with Gasteiger partial charge in [-0.3, -0.25) is 4.79 Å². The molecule has 31 heavy (non-hydrogen) atoms. The van der Waals surface area contributed by atoms with Crippen molar-refractivity contribution in [2.24, 2.45) is 28.1 Å². The van der Waals surface area contributed by atoms with Crippen LogP contribution in [0.3, 0.4) is 0 Å². The van der Waals surface area contributed by atoms with Crippen molar-refractivity contribution >= 4 is 17.9 Å². The number of hydrogen-bond acceptors (Lipinski definition) is 11. The Bertz CT molecular complexity index is 957. The van der Waals surface area contributed by atoms with E-state index in [9.17, 15) is 34.8 Å². The van der Waals surface area contributed by atoms with E-state index in [4.69, 9.17) is 18.9 Å². The molecule has 4 N–H and O–H groups in total. The lowest BCUT2D eigenvalue weighted by Gasteiger charge is -2.47. The Morgan fingerprint density at radius 1 is 0.935 bits per heavy atom. The maximum Gasteiger partial charge on any atom is 0.343 e. The summed E-state index contributed by atoms with van der Waals surface area (Å²) in [5.74, 6) is -5.22. The highest BCUT2D eigenvalue weighted by molar-refractivity contribution is 5.94. The van der Waals surface area contributed by atoms with Gasteiger partial charge in [0.15, 0.2) is 17.8 Å². The fraction of sp³-hybridized carbons (Fsp3) is 0.850. The molecule has 0 aromatic carbocycles. The van der Waals surface area contributed by atoms with Crippen molar-refractivity contribution < 1.29 is 53.8 Å². The number of carbonyl (C=O) groups is 3. The van der Waals surface area contributed by atoms with Crippen LogP contribution in [-0.2, 0) is 33.3 Å². The summed E-state index contributed by atoms with van der Waals surface area (Å²) >= 11 is 0. The van der Waals surface area contributed by atoms with Gasteiger partial charge in [-0.05, 0) is 12.3 Å². The molecule has 4 heterocycles. The minimum absolute atomic E-state index is 0.792. The second-order valence-corrected chi connectivity index (χ2v) is 10.8. The first-order chi connectivity index (χ1) is 14.3. The van der Waals surface area contributed by atoms with Crippen LogP contribution in [0.2, 0.25) is 0 Å². The summed E-state index contributed by atoms with van der Waals surface area (Å²) < 4.78 is 22.2. The van der Waals surface area contributed by atoms with Gasteiger partial charge in [-0.25, -0.2) is 9.59 Å². The molecule has 6 rings (SSSR count). The van der Waals surface area contributed by atoms with Crippen LogP contribution in [0.5, 0.6) is 0 Å². The molecule has 12 atom stereocenters. The maximum atomic E-state index is 13.4. The van der Waals surface area contributed by atoms with Crippen molar-refractivity contribution in [3.8, 4) is 0 Å². The van der Waals surface area contributed by atoms with Gasteiger partial charge in [-0.1, -0.05) is 20.8 Å². The maximum absolute atomic E-state index is 13.4. The molecule has 2 aliphatic carbocycles. The summed E-state index contributed by atoms with van der Waals surface area (Å²) in [7, 11) is 0. The molecular formula is C20H24O11. The van der Waals surface area contributed by atoms with E-state index in [0.29, 0.717) is 0 Å². The Morgan fingerprint density at radius 2 is 1.58 bits per heavy atom. The van der Waals surface area contributed by atoms with E-state index >= 15 is 0 Å². The fourth-order valence-electron chi connectivity index (χ4n) is 8.27. The van der Waals surface area contributed by atoms with Crippen molar-refractivity contribution in [1.82, 2.24) is 0 Å². The van der Waals surface area contributed by atoms with Gasteiger partial charge in [-0.15, -0.1) is 0 Å².